The Kier molecular flexibility index (Phi) is 1.07. The average Bonchev–Trinajstić information content (AvgIpc) is 2.40. The van der Waals surface area contributed by atoms with E-state index in [1.54, 1.807) is 0 Å². The lowest BCUT2D eigenvalue weighted by molar-refractivity contribution is -0.130. The molecule has 0 radical (unpaired) electrons. The Morgan fingerprint density at radius 1 is 1.40 bits per heavy atom. The molecule has 0 aromatic heterocycles. The second-order valence-electron chi connectivity index (χ2n) is 2.99. The highest BCUT2D eigenvalue weighted by molar-refractivity contribution is 6.04. The molecule has 2 fully saturated rings. The van der Waals surface area contributed by atoms with Gasteiger partial charge >= 0.3 is 0 Å². The van der Waals surface area contributed by atoms with Crippen LogP contribution >= 0.6 is 0 Å². The molecule has 2 aliphatic rings. The molecule has 2 atom stereocenters. The minimum atomic E-state index is -0.278. The molecule has 54 valence electrons. The number of Topliss-reactive ketones (excluding diaryl/α,β-unsaturated/α-hetero) is 1. The van der Waals surface area contributed by atoms with Crippen molar-refractivity contribution >= 4 is 11.7 Å². The summed E-state index contributed by atoms with van der Waals surface area (Å²) in [5, 5.41) is 2.69. The molecule has 10 heavy (non-hydrogen) atoms. The summed E-state index contributed by atoms with van der Waals surface area (Å²) in [6.07, 6.45) is 1.52. The van der Waals surface area contributed by atoms with Crippen LogP contribution in [0.4, 0.5) is 0 Å². The van der Waals surface area contributed by atoms with Crippen molar-refractivity contribution in [2.24, 2.45) is 11.8 Å². The second-order valence-corrected chi connectivity index (χ2v) is 2.99. The predicted octanol–water partition coefficient (Wildman–Crippen LogP) is -0.289. The van der Waals surface area contributed by atoms with Gasteiger partial charge < -0.3 is 5.32 Å². The molecule has 1 heterocycles. The van der Waals surface area contributed by atoms with Crippen LogP contribution in [0.2, 0.25) is 0 Å². The topological polar surface area (TPSA) is 46.2 Å². The van der Waals surface area contributed by atoms with E-state index in [0.29, 0.717) is 12.3 Å². The molecule has 1 saturated carbocycles. The molecule has 1 aliphatic heterocycles. The van der Waals surface area contributed by atoms with E-state index in [-0.39, 0.29) is 17.6 Å². The largest absolute Gasteiger partial charge is 0.355 e. The molecular formula is C7H9NO2. The number of ketones is 1. The number of nitrogens with one attached hydrogen (secondary N) is 1. The molecule has 1 N–H and O–H groups in total. The molecular weight excluding hydrogens is 130 g/mol. The van der Waals surface area contributed by atoms with Crippen LogP contribution in [-0.4, -0.2) is 18.2 Å². The third-order valence-corrected chi connectivity index (χ3v) is 2.40. The smallest absolute Gasteiger partial charge is 0.230 e. The van der Waals surface area contributed by atoms with E-state index in [0.717, 1.165) is 13.0 Å². The van der Waals surface area contributed by atoms with Crippen LogP contribution in [0.1, 0.15) is 12.8 Å². The Morgan fingerprint density at radius 2 is 2.20 bits per heavy atom. The summed E-state index contributed by atoms with van der Waals surface area (Å²) in [6.45, 7) is 0.717. The molecule has 0 aromatic rings. The molecule has 0 bridgehead atoms. The SMILES string of the molecule is O=C1CCC2CNC(=O)C12. The van der Waals surface area contributed by atoms with E-state index in [2.05, 4.69) is 5.32 Å². The maximum atomic E-state index is 11.0. The molecule has 2 unspecified atom stereocenters. The quantitative estimate of drug-likeness (QED) is 0.469. The first kappa shape index (κ1) is 5.89. The highest BCUT2D eigenvalue weighted by atomic mass is 16.2. The molecule has 3 nitrogen and oxygen atoms in total. The van der Waals surface area contributed by atoms with Crippen molar-refractivity contribution in [1.29, 1.82) is 0 Å². The highest BCUT2D eigenvalue weighted by Gasteiger charge is 2.43. The van der Waals surface area contributed by atoms with Gasteiger partial charge in [-0.05, 0) is 12.3 Å². The number of fused-ring (bicyclic) bond motifs is 1. The predicted molar refractivity (Wildman–Crippen MR) is 34.2 cm³/mol. The summed E-state index contributed by atoms with van der Waals surface area (Å²) >= 11 is 0. The van der Waals surface area contributed by atoms with Crippen LogP contribution in [0.25, 0.3) is 0 Å². The standard InChI is InChI=1S/C7H9NO2/c9-5-2-1-4-3-8-7(10)6(4)5/h4,6H,1-3H2,(H,8,10). The number of amides is 1. The summed E-state index contributed by atoms with van der Waals surface area (Å²) < 4.78 is 0. The summed E-state index contributed by atoms with van der Waals surface area (Å²) in [4.78, 5) is 21.9. The third-order valence-electron chi connectivity index (χ3n) is 2.40. The third kappa shape index (κ3) is 0.602. The van der Waals surface area contributed by atoms with Crippen molar-refractivity contribution in [1.82, 2.24) is 5.32 Å². The molecule has 3 heteroatoms. The average molecular weight is 139 g/mol. The van der Waals surface area contributed by atoms with Crippen LogP contribution < -0.4 is 5.32 Å². The van der Waals surface area contributed by atoms with Crippen molar-refractivity contribution < 1.29 is 9.59 Å². The summed E-state index contributed by atoms with van der Waals surface area (Å²) in [5.41, 5.74) is 0. The summed E-state index contributed by atoms with van der Waals surface area (Å²) in [5.74, 6) is 0.132. The van der Waals surface area contributed by atoms with Crippen molar-refractivity contribution in [3.8, 4) is 0 Å². The first-order chi connectivity index (χ1) is 4.79. The minimum absolute atomic E-state index is 0.0486. The van der Waals surface area contributed by atoms with Crippen LogP contribution in [0.3, 0.4) is 0 Å². The first-order valence-corrected chi connectivity index (χ1v) is 3.59. The zero-order chi connectivity index (χ0) is 7.14. The van der Waals surface area contributed by atoms with Gasteiger partial charge in [-0.15, -0.1) is 0 Å². The van der Waals surface area contributed by atoms with E-state index in [9.17, 15) is 9.59 Å². The van der Waals surface area contributed by atoms with Gasteiger partial charge in [0.05, 0.1) is 0 Å². The van der Waals surface area contributed by atoms with Crippen molar-refractivity contribution in [3.63, 3.8) is 0 Å². The number of hydrogen-bond donors (Lipinski definition) is 1. The number of carbonyl (C=O) groups is 2. The van der Waals surface area contributed by atoms with Crippen LogP contribution in [0.15, 0.2) is 0 Å². The Balaban J connectivity index is 2.26. The monoisotopic (exact) mass is 139 g/mol. The van der Waals surface area contributed by atoms with Crippen molar-refractivity contribution in [3.05, 3.63) is 0 Å². The summed E-state index contributed by atoms with van der Waals surface area (Å²) in [7, 11) is 0. The molecule has 0 aromatic carbocycles. The van der Waals surface area contributed by atoms with Crippen molar-refractivity contribution in [2.45, 2.75) is 12.8 Å². The van der Waals surface area contributed by atoms with Crippen LogP contribution in [0.5, 0.6) is 0 Å². The van der Waals surface area contributed by atoms with Crippen LogP contribution in [0, 0.1) is 11.8 Å². The number of hydrogen-bond acceptors (Lipinski definition) is 2. The fourth-order valence-electron chi connectivity index (χ4n) is 1.83. The maximum Gasteiger partial charge on any atom is 0.230 e. The van der Waals surface area contributed by atoms with Gasteiger partial charge in [-0.1, -0.05) is 0 Å². The lowest BCUT2D eigenvalue weighted by atomic mass is 10.00. The number of carbonyl (C=O) groups excluding carboxylic acids is 2. The first-order valence-electron chi connectivity index (χ1n) is 3.59. The van der Waals surface area contributed by atoms with Gasteiger partial charge in [0.2, 0.25) is 5.91 Å². The van der Waals surface area contributed by atoms with E-state index in [1.165, 1.54) is 0 Å². The molecule has 2 rings (SSSR count). The van der Waals surface area contributed by atoms with Gasteiger partial charge in [0.25, 0.3) is 0 Å². The lowest BCUT2D eigenvalue weighted by Gasteiger charge is -1.99. The molecule has 1 saturated heterocycles. The highest BCUT2D eigenvalue weighted by Crippen LogP contribution is 2.31. The Labute approximate surface area is 58.8 Å². The number of rotatable bonds is 0. The van der Waals surface area contributed by atoms with Crippen molar-refractivity contribution in [2.75, 3.05) is 6.54 Å². The van der Waals surface area contributed by atoms with Gasteiger partial charge in [0, 0.05) is 13.0 Å². The zero-order valence-electron chi connectivity index (χ0n) is 5.59. The minimum Gasteiger partial charge on any atom is -0.355 e. The Hall–Kier alpha value is -0.860. The molecule has 1 aliphatic carbocycles. The molecule has 1 amide bonds. The van der Waals surface area contributed by atoms with Gasteiger partial charge in [0.15, 0.2) is 0 Å². The van der Waals surface area contributed by atoms with Gasteiger partial charge in [-0.3, -0.25) is 9.59 Å². The van der Waals surface area contributed by atoms with E-state index in [1.807, 2.05) is 0 Å². The lowest BCUT2D eigenvalue weighted by Crippen LogP contribution is -2.23. The van der Waals surface area contributed by atoms with Gasteiger partial charge in [-0.25, -0.2) is 0 Å². The second kappa shape index (κ2) is 1.81. The zero-order valence-corrected chi connectivity index (χ0v) is 5.59. The van der Waals surface area contributed by atoms with Gasteiger partial charge in [-0.2, -0.15) is 0 Å². The fraction of sp³-hybridized carbons (Fsp3) is 0.714. The van der Waals surface area contributed by atoms with Gasteiger partial charge in [0.1, 0.15) is 11.7 Å². The van der Waals surface area contributed by atoms with E-state index < -0.39 is 0 Å². The summed E-state index contributed by atoms with van der Waals surface area (Å²) in [6, 6.07) is 0. The maximum absolute atomic E-state index is 11.0. The Morgan fingerprint density at radius 3 is 2.90 bits per heavy atom. The normalized spacial score (nSPS) is 38.0. The van der Waals surface area contributed by atoms with E-state index in [4.69, 9.17) is 0 Å². The van der Waals surface area contributed by atoms with E-state index >= 15 is 0 Å². The van der Waals surface area contributed by atoms with Crippen LogP contribution in [-0.2, 0) is 9.59 Å². The fourth-order valence-corrected chi connectivity index (χ4v) is 1.83. The Bertz CT molecular complexity index is 180. The molecule has 0 spiro atoms.